The molecule has 0 heterocycles. The first-order valence-electron chi connectivity index (χ1n) is 7.69. The van der Waals surface area contributed by atoms with E-state index in [4.69, 9.17) is 15.2 Å². The van der Waals surface area contributed by atoms with Crippen molar-refractivity contribution < 1.29 is 19.1 Å². The maximum atomic E-state index is 12.0. The lowest BCUT2D eigenvalue weighted by atomic mass is 10.1. The number of primary amides is 1. The summed E-state index contributed by atoms with van der Waals surface area (Å²) in [6.45, 7) is 0.417. The predicted octanol–water partition coefficient (Wildman–Crippen LogP) is 2.17. The van der Waals surface area contributed by atoms with E-state index in [2.05, 4.69) is 10.6 Å². The fourth-order valence-electron chi connectivity index (χ4n) is 2.33. The monoisotopic (exact) mass is 343 g/mol. The minimum absolute atomic E-state index is 0.262. The fourth-order valence-corrected chi connectivity index (χ4v) is 2.33. The lowest BCUT2D eigenvalue weighted by Crippen LogP contribution is -2.31. The van der Waals surface area contributed by atoms with Gasteiger partial charge in [0.1, 0.15) is 0 Å². The van der Waals surface area contributed by atoms with Gasteiger partial charge in [-0.3, -0.25) is 4.79 Å². The number of amides is 3. The first-order valence-corrected chi connectivity index (χ1v) is 7.69. The van der Waals surface area contributed by atoms with Crippen LogP contribution in [0.5, 0.6) is 11.5 Å². The van der Waals surface area contributed by atoms with Crippen LogP contribution in [0.1, 0.15) is 15.9 Å². The molecular formula is C18H21N3O4. The van der Waals surface area contributed by atoms with Gasteiger partial charge in [-0.2, -0.15) is 0 Å². The molecule has 0 saturated heterocycles. The summed E-state index contributed by atoms with van der Waals surface area (Å²) >= 11 is 0. The number of rotatable bonds is 7. The van der Waals surface area contributed by atoms with Gasteiger partial charge in [0.15, 0.2) is 11.5 Å². The molecule has 0 aliphatic rings. The van der Waals surface area contributed by atoms with Crippen LogP contribution >= 0.6 is 0 Å². The summed E-state index contributed by atoms with van der Waals surface area (Å²) in [7, 11) is 3.15. The Morgan fingerprint density at radius 1 is 1.04 bits per heavy atom. The lowest BCUT2D eigenvalue weighted by molar-refractivity contribution is 0.100. The van der Waals surface area contributed by atoms with E-state index < -0.39 is 11.9 Å². The van der Waals surface area contributed by atoms with Crippen LogP contribution in [0, 0.1) is 0 Å². The van der Waals surface area contributed by atoms with Crippen molar-refractivity contribution in [2.45, 2.75) is 6.42 Å². The van der Waals surface area contributed by atoms with E-state index >= 15 is 0 Å². The van der Waals surface area contributed by atoms with Crippen molar-refractivity contribution in [3.8, 4) is 11.5 Å². The molecule has 0 unspecified atom stereocenters. The van der Waals surface area contributed by atoms with Gasteiger partial charge in [0, 0.05) is 6.54 Å². The predicted molar refractivity (Wildman–Crippen MR) is 95.2 cm³/mol. The summed E-state index contributed by atoms with van der Waals surface area (Å²) < 4.78 is 10.4. The molecule has 7 heteroatoms. The van der Waals surface area contributed by atoms with Gasteiger partial charge in [-0.05, 0) is 36.2 Å². The Balaban J connectivity index is 1.90. The third-order valence-electron chi connectivity index (χ3n) is 3.59. The zero-order chi connectivity index (χ0) is 18.2. The summed E-state index contributed by atoms with van der Waals surface area (Å²) in [5.74, 6) is 0.695. The van der Waals surface area contributed by atoms with Crippen molar-refractivity contribution in [1.82, 2.24) is 5.32 Å². The van der Waals surface area contributed by atoms with E-state index in [0.717, 1.165) is 5.56 Å². The Morgan fingerprint density at radius 3 is 2.44 bits per heavy atom. The highest BCUT2D eigenvalue weighted by atomic mass is 16.5. The van der Waals surface area contributed by atoms with E-state index in [1.54, 1.807) is 38.5 Å². The highest BCUT2D eigenvalue weighted by Crippen LogP contribution is 2.27. The highest BCUT2D eigenvalue weighted by molar-refractivity contribution is 6.02. The number of hydrogen-bond donors (Lipinski definition) is 3. The largest absolute Gasteiger partial charge is 0.493 e. The van der Waals surface area contributed by atoms with Gasteiger partial charge < -0.3 is 25.8 Å². The zero-order valence-corrected chi connectivity index (χ0v) is 14.2. The van der Waals surface area contributed by atoms with E-state index in [0.29, 0.717) is 30.2 Å². The van der Waals surface area contributed by atoms with Crippen molar-refractivity contribution in [2.75, 3.05) is 26.1 Å². The van der Waals surface area contributed by atoms with Crippen LogP contribution in [0.3, 0.4) is 0 Å². The van der Waals surface area contributed by atoms with Crippen LogP contribution in [0.4, 0.5) is 10.5 Å². The van der Waals surface area contributed by atoms with E-state index in [1.807, 2.05) is 18.2 Å². The molecule has 0 atom stereocenters. The molecular weight excluding hydrogens is 322 g/mol. The molecule has 2 aromatic rings. The van der Waals surface area contributed by atoms with E-state index in [1.165, 1.54) is 0 Å². The molecule has 0 aliphatic carbocycles. The molecule has 4 N–H and O–H groups in total. The summed E-state index contributed by atoms with van der Waals surface area (Å²) in [5, 5.41) is 5.36. The number of urea groups is 1. The topological polar surface area (TPSA) is 103 Å². The molecule has 0 aliphatic heterocycles. The highest BCUT2D eigenvalue weighted by Gasteiger charge is 2.10. The van der Waals surface area contributed by atoms with Crippen molar-refractivity contribution >= 4 is 17.6 Å². The van der Waals surface area contributed by atoms with Crippen LogP contribution < -0.4 is 25.8 Å². The van der Waals surface area contributed by atoms with Crippen molar-refractivity contribution in [3.05, 3.63) is 53.6 Å². The maximum absolute atomic E-state index is 12.0. The van der Waals surface area contributed by atoms with Gasteiger partial charge in [0.2, 0.25) is 0 Å². The second-order valence-electron chi connectivity index (χ2n) is 5.23. The average molecular weight is 343 g/mol. The van der Waals surface area contributed by atoms with Crippen LogP contribution in [0.15, 0.2) is 42.5 Å². The Bertz CT molecular complexity index is 762. The van der Waals surface area contributed by atoms with Crippen LogP contribution in [0.25, 0.3) is 0 Å². The third-order valence-corrected chi connectivity index (χ3v) is 3.59. The molecule has 2 rings (SSSR count). The molecule has 7 nitrogen and oxygen atoms in total. The second-order valence-corrected chi connectivity index (χ2v) is 5.23. The molecule has 25 heavy (non-hydrogen) atoms. The van der Waals surface area contributed by atoms with Gasteiger partial charge in [-0.25, -0.2) is 4.79 Å². The Morgan fingerprint density at radius 2 is 1.76 bits per heavy atom. The Labute approximate surface area is 146 Å². The average Bonchev–Trinajstić information content (AvgIpc) is 2.61. The first kappa shape index (κ1) is 18.1. The molecule has 0 saturated carbocycles. The second kappa shape index (κ2) is 8.58. The van der Waals surface area contributed by atoms with Crippen LogP contribution in [0.2, 0.25) is 0 Å². The SMILES string of the molecule is COc1ccc(CCNC(=O)Nc2ccccc2C(N)=O)cc1OC. The molecule has 3 amide bonds. The first-order chi connectivity index (χ1) is 12.0. The van der Waals surface area contributed by atoms with Crippen LogP contribution in [-0.4, -0.2) is 32.7 Å². The van der Waals surface area contributed by atoms with Gasteiger partial charge >= 0.3 is 6.03 Å². The van der Waals surface area contributed by atoms with Gasteiger partial charge in [-0.15, -0.1) is 0 Å². The molecule has 0 bridgehead atoms. The number of carbonyl (C=O) groups is 2. The number of anilines is 1. The number of methoxy groups -OCH3 is 2. The number of nitrogens with two attached hydrogens (primary N) is 1. The number of nitrogens with one attached hydrogen (secondary N) is 2. The standard InChI is InChI=1S/C18H21N3O4/c1-24-15-8-7-12(11-16(15)25-2)9-10-20-18(23)21-14-6-4-3-5-13(14)17(19)22/h3-8,11H,9-10H2,1-2H3,(H2,19,22)(H2,20,21,23). The number of benzene rings is 2. The maximum Gasteiger partial charge on any atom is 0.319 e. The summed E-state index contributed by atoms with van der Waals surface area (Å²) in [6, 6.07) is 11.7. The summed E-state index contributed by atoms with van der Waals surface area (Å²) in [6.07, 6.45) is 0.616. The normalized spacial score (nSPS) is 10.0. The van der Waals surface area contributed by atoms with Gasteiger partial charge in [0.25, 0.3) is 5.91 Å². The molecule has 0 aromatic heterocycles. The van der Waals surface area contributed by atoms with Gasteiger partial charge in [-0.1, -0.05) is 18.2 Å². The number of hydrogen-bond acceptors (Lipinski definition) is 4. The van der Waals surface area contributed by atoms with Crippen molar-refractivity contribution in [1.29, 1.82) is 0 Å². The quantitative estimate of drug-likeness (QED) is 0.717. The van der Waals surface area contributed by atoms with E-state index in [9.17, 15) is 9.59 Å². The molecule has 0 radical (unpaired) electrons. The number of carbonyl (C=O) groups excluding carboxylic acids is 2. The smallest absolute Gasteiger partial charge is 0.319 e. The molecule has 132 valence electrons. The van der Waals surface area contributed by atoms with Crippen molar-refractivity contribution in [3.63, 3.8) is 0 Å². The summed E-state index contributed by atoms with van der Waals surface area (Å²) in [4.78, 5) is 23.3. The fraction of sp³-hybridized carbons (Fsp3) is 0.222. The summed E-state index contributed by atoms with van der Waals surface area (Å²) in [5.41, 5.74) is 6.92. The lowest BCUT2D eigenvalue weighted by Gasteiger charge is -2.11. The third kappa shape index (κ3) is 4.87. The molecule has 0 spiro atoms. The molecule has 0 fully saturated rings. The number of ether oxygens (including phenoxy) is 2. The minimum Gasteiger partial charge on any atom is -0.493 e. The van der Waals surface area contributed by atoms with Crippen LogP contribution in [-0.2, 0) is 6.42 Å². The molecule has 2 aromatic carbocycles. The van der Waals surface area contributed by atoms with Gasteiger partial charge in [0.05, 0.1) is 25.5 Å². The zero-order valence-electron chi connectivity index (χ0n) is 14.2. The van der Waals surface area contributed by atoms with Crippen molar-refractivity contribution in [2.24, 2.45) is 5.73 Å². The Hall–Kier alpha value is -3.22. The van der Waals surface area contributed by atoms with E-state index in [-0.39, 0.29) is 5.56 Å². The Kier molecular flexibility index (Phi) is 6.22. The number of para-hydroxylation sites is 1. The minimum atomic E-state index is -0.596.